The molecule has 2 aliphatic heterocycles. The first-order valence-electron chi connectivity index (χ1n) is 10.9. The molecule has 0 saturated carbocycles. The molecule has 2 aromatic carbocycles. The van der Waals surface area contributed by atoms with Crippen molar-refractivity contribution in [2.45, 2.75) is 37.4 Å². The van der Waals surface area contributed by atoms with Crippen molar-refractivity contribution in [2.24, 2.45) is 5.92 Å². The Balaban J connectivity index is 1.63. The summed E-state index contributed by atoms with van der Waals surface area (Å²) >= 11 is 1.52. The summed E-state index contributed by atoms with van der Waals surface area (Å²) < 4.78 is 20.7. The monoisotopic (exact) mass is 472 g/mol. The van der Waals surface area contributed by atoms with E-state index in [4.69, 9.17) is 10.5 Å². The largest absolute Gasteiger partial charge is 0.444 e. The maximum atomic E-state index is 15.1. The number of fused-ring (bicyclic) bond motifs is 1. The molecule has 0 bridgehead atoms. The summed E-state index contributed by atoms with van der Waals surface area (Å²) in [5, 5.41) is 6.43. The van der Waals surface area contributed by atoms with E-state index in [1.807, 2.05) is 26.8 Å². The van der Waals surface area contributed by atoms with Gasteiger partial charge in [-0.3, -0.25) is 10.1 Å². The molecule has 2 saturated heterocycles. The van der Waals surface area contributed by atoms with Crippen LogP contribution < -0.4 is 16.4 Å². The van der Waals surface area contributed by atoms with E-state index in [2.05, 4.69) is 10.6 Å². The summed E-state index contributed by atoms with van der Waals surface area (Å²) in [5.41, 5.74) is 5.32. The van der Waals surface area contributed by atoms with E-state index in [0.717, 1.165) is 0 Å². The number of hydrogen-bond donors (Lipinski definition) is 3. The lowest BCUT2D eigenvalue weighted by Crippen LogP contribution is -2.61. The van der Waals surface area contributed by atoms with Crippen molar-refractivity contribution < 1.29 is 18.7 Å². The number of benzene rings is 2. The van der Waals surface area contributed by atoms with Crippen LogP contribution in [0.15, 0.2) is 48.5 Å². The van der Waals surface area contributed by atoms with Gasteiger partial charge in [0.1, 0.15) is 16.9 Å². The van der Waals surface area contributed by atoms with Gasteiger partial charge in [-0.2, -0.15) is 0 Å². The van der Waals surface area contributed by atoms with Crippen LogP contribution in [0.1, 0.15) is 36.7 Å². The lowest BCUT2D eigenvalue weighted by Gasteiger charge is -2.43. The quantitative estimate of drug-likeness (QED) is 0.592. The summed E-state index contributed by atoms with van der Waals surface area (Å²) in [6.07, 6.45) is -0.447. The van der Waals surface area contributed by atoms with Crippen molar-refractivity contribution in [1.29, 1.82) is 0 Å². The number of nitrogens with zero attached hydrogens (tertiary/aromatic N) is 1. The molecule has 2 heterocycles. The third-order valence-corrected chi connectivity index (χ3v) is 7.02. The molecule has 0 spiro atoms. The molecule has 4 rings (SSSR count). The maximum absolute atomic E-state index is 15.1. The maximum Gasteiger partial charge on any atom is 0.410 e. The third kappa shape index (κ3) is 4.94. The van der Waals surface area contributed by atoms with E-state index in [1.54, 1.807) is 35.2 Å². The number of hydrogen-bond acceptors (Lipinski definition) is 6. The molecule has 0 aliphatic carbocycles. The minimum Gasteiger partial charge on any atom is -0.444 e. The van der Waals surface area contributed by atoms with Gasteiger partial charge in [0.25, 0.3) is 5.91 Å². The van der Waals surface area contributed by atoms with Gasteiger partial charge in [-0.15, -0.1) is 11.8 Å². The van der Waals surface area contributed by atoms with Gasteiger partial charge in [0, 0.05) is 41.6 Å². The van der Waals surface area contributed by atoms with Gasteiger partial charge < -0.3 is 20.7 Å². The summed E-state index contributed by atoms with van der Waals surface area (Å²) in [6, 6.07) is 13.4. The second-order valence-corrected chi connectivity index (χ2v) is 10.6. The number of halogens is 1. The van der Waals surface area contributed by atoms with E-state index >= 15 is 4.39 Å². The number of thioether (sulfide) groups is 1. The zero-order chi connectivity index (χ0) is 23.8. The van der Waals surface area contributed by atoms with E-state index in [0.29, 0.717) is 29.1 Å². The highest BCUT2D eigenvalue weighted by molar-refractivity contribution is 7.99. The molecule has 2 aromatic rings. The van der Waals surface area contributed by atoms with Crippen molar-refractivity contribution in [1.82, 2.24) is 15.5 Å². The number of carbonyl (C=O) groups excluding carboxylic acids is 2. The highest BCUT2D eigenvalue weighted by Crippen LogP contribution is 2.45. The van der Waals surface area contributed by atoms with Crippen LogP contribution in [0.3, 0.4) is 0 Å². The Morgan fingerprint density at radius 3 is 2.67 bits per heavy atom. The average molecular weight is 473 g/mol. The number of nitrogens with two attached hydrogens (primary N) is 1. The minimum absolute atomic E-state index is 0.101. The molecular weight excluding hydrogens is 443 g/mol. The fourth-order valence-electron chi connectivity index (χ4n) is 4.37. The Morgan fingerprint density at radius 2 is 1.97 bits per heavy atom. The average Bonchev–Trinajstić information content (AvgIpc) is 3.15. The molecule has 4 N–H and O–H groups in total. The van der Waals surface area contributed by atoms with Crippen LogP contribution in [0.5, 0.6) is 0 Å². The third-order valence-electron chi connectivity index (χ3n) is 5.85. The highest BCUT2D eigenvalue weighted by Gasteiger charge is 2.54. The number of anilines is 1. The first kappa shape index (κ1) is 23.4. The number of ether oxygens (including phenoxy) is 1. The molecule has 3 unspecified atom stereocenters. The van der Waals surface area contributed by atoms with Crippen LogP contribution in [-0.2, 0) is 10.3 Å². The molecule has 7 nitrogen and oxygen atoms in total. The first-order valence-corrected chi connectivity index (χ1v) is 11.9. The summed E-state index contributed by atoms with van der Waals surface area (Å²) in [5.74, 6) is -0.131. The predicted molar refractivity (Wildman–Crippen MR) is 127 cm³/mol. The van der Waals surface area contributed by atoms with Crippen molar-refractivity contribution in [3.8, 4) is 0 Å². The lowest BCUT2D eigenvalue weighted by atomic mass is 9.80. The van der Waals surface area contributed by atoms with Gasteiger partial charge >= 0.3 is 6.09 Å². The Bertz CT molecular complexity index is 1050. The molecule has 176 valence electrons. The van der Waals surface area contributed by atoms with Gasteiger partial charge in [0.05, 0.1) is 5.54 Å². The predicted octanol–water partition coefficient (Wildman–Crippen LogP) is 3.52. The smallest absolute Gasteiger partial charge is 0.410 e. The number of carbonyl (C=O) groups is 2. The van der Waals surface area contributed by atoms with Gasteiger partial charge in [0.2, 0.25) is 0 Å². The van der Waals surface area contributed by atoms with Crippen LogP contribution in [0, 0.1) is 11.7 Å². The zero-order valence-corrected chi connectivity index (χ0v) is 19.7. The number of rotatable bonds is 3. The number of nitrogen functional groups attached to an aromatic ring is 1. The second kappa shape index (κ2) is 8.87. The number of amides is 2. The number of likely N-dealkylation sites (tertiary alicyclic amines) is 1. The van der Waals surface area contributed by atoms with Gasteiger partial charge in [-0.1, -0.05) is 18.2 Å². The molecule has 0 aromatic heterocycles. The highest BCUT2D eigenvalue weighted by atomic mass is 32.2. The Hall–Kier alpha value is -2.78. The van der Waals surface area contributed by atoms with Crippen LogP contribution in [0.4, 0.5) is 14.9 Å². The minimum atomic E-state index is -0.920. The fourth-order valence-corrected chi connectivity index (χ4v) is 5.66. The van der Waals surface area contributed by atoms with Crippen molar-refractivity contribution in [2.75, 3.05) is 24.6 Å². The van der Waals surface area contributed by atoms with Gasteiger partial charge in [-0.05, 0) is 51.1 Å². The fraction of sp³-hybridized carbons (Fsp3) is 0.417. The first-order chi connectivity index (χ1) is 15.6. The standard InChI is InChI=1S/C24H29FN4O3S/c1-23(2,3)32-22(31)29-12-16-13-33-21(27-20(30)15-7-5-4-6-8-15)28-24(16,14-29)18-11-17(26)9-10-19(18)25/h4-11,16,21,28H,12-14,26H2,1-3H3,(H,27,30). The summed E-state index contributed by atoms with van der Waals surface area (Å²) in [6.45, 7) is 6.04. The topological polar surface area (TPSA) is 96.7 Å². The Labute approximate surface area is 197 Å². The molecule has 33 heavy (non-hydrogen) atoms. The molecule has 9 heteroatoms. The molecular formula is C24H29FN4O3S. The van der Waals surface area contributed by atoms with Crippen LogP contribution in [-0.4, -0.2) is 46.8 Å². The van der Waals surface area contributed by atoms with E-state index in [-0.39, 0.29) is 18.4 Å². The Morgan fingerprint density at radius 1 is 1.24 bits per heavy atom. The van der Waals surface area contributed by atoms with Crippen LogP contribution in [0.2, 0.25) is 0 Å². The van der Waals surface area contributed by atoms with E-state index in [9.17, 15) is 9.59 Å². The Kier molecular flexibility index (Phi) is 6.28. The van der Waals surface area contributed by atoms with Crippen molar-refractivity contribution >= 4 is 29.4 Å². The molecule has 3 atom stereocenters. The SMILES string of the molecule is CC(C)(C)OC(=O)N1CC2CSC(NC(=O)c3ccccc3)NC2(c2cc(N)ccc2F)C1. The summed E-state index contributed by atoms with van der Waals surface area (Å²) in [7, 11) is 0. The summed E-state index contributed by atoms with van der Waals surface area (Å²) in [4.78, 5) is 27.2. The van der Waals surface area contributed by atoms with Crippen LogP contribution >= 0.6 is 11.8 Å². The second-order valence-electron chi connectivity index (χ2n) is 9.47. The zero-order valence-electron chi connectivity index (χ0n) is 18.9. The lowest BCUT2D eigenvalue weighted by molar-refractivity contribution is 0.0277. The van der Waals surface area contributed by atoms with Gasteiger partial charge in [0.15, 0.2) is 0 Å². The van der Waals surface area contributed by atoms with Crippen molar-refractivity contribution in [3.63, 3.8) is 0 Å². The van der Waals surface area contributed by atoms with E-state index in [1.165, 1.54) is 23.9 Å². The van der Waals surface area contributed by atoms with Crippen molar-refractivity contribution in [3.05, 3.63) is 65.5 Å². The number of nitrogens with one attached hydrogen (secondary N) is 2. The van der Waals surface area contributed by atoms with E-state index < -0.39 is 28.5 Å². The normalized spacial score (nSPS) is 24.8. The molecule has 0 radical (unpaired) electrons. The molecule has 2 aliphatic rings. The van der Waals surface area contributed by atoms with Gasteiger partial charge in [-0.25, -0.2) is 9.18 Å². The van der Waals surface area contributed by atoms with Crippen LogP contribution in [0.25, 0.3) is 0 Å². The molecule has 2 amide bonds. The molecule has 2 fully saturated rings.